The van der Waals surface area contributed by atoms with Gasteiger partial charge in [0.1, 0.15) is 11.2 Å². The molecule has 4 heterocycles. The Bertz CT molecular complexity index is 4280. The van der Waals surface area contributed by atoms with Gasteiger partial charge in [0, 0.05) is 65.8 Å². The summed E-state index contributed by atoms with van der Waals surface area (Å²) in [5.41, 5.74) is 12.8. The van der Waals surface area contributed by atoms with Gasteiger partial charge in [-0.2, -0.15) is 0 Å². The monoisotopic (exact) mass is 855 g/mol. The molecule has 0 saturated heterocycles. The Morgan fingerprint density at radius 2 is 0.910 bits per heavy atom. The van der Waals surface area contributed by atoms with E-state index in [-0.39, 0.29) is 0 Å². The number of hydrogen-bond donors (Lipinski definition) is 0. The molecule has 6 nitrogen and oxygen atoms in total. The molecular weight excluding hydrogens is 819 g/mol. The first kappa shape index (κ1) is 37.3. The van der Waals surface area contributed by atoms with Crippen LogP contribution in [0.15, 0.2) is 229 Å². The Labute approximate surface area is 384 Å². The average Bonchev–Trinajstić information content (AvgIpc) is 4.06. The van der Waals surface area contributed by atoms with Crippen molar-refractivity contribution < 1.29 is 4.42 Å². The second-order valence-corrected chi connectivity index (χ2v) is 17.1. The minimum atomic E-state index is 0.570. The summed E-state index contributed by atoms with van der Waals surface area (Å²) < 4.78 is 11.5. The lowest BCUT2D eigenvalue weighted by molar-refractivity contribution is 0.670. The molecule has 0 aliphatic rings. The fraction of sp³-hybridized carbons (Fsp3) is 0. The van der Waals surface area contributed by atoms with Crippen LogP contribution >= 0.6 is 0 Å². The number of benzene rings is 10. The van der Waals surface area contributed by atoms with E-state index in [9.17, 15) is 0 Å². The second kappa shape index (κ2) is 14.7. The molecule has 14 rings (SSSR count). The van der Waals surface area contributed by atoms with E-state index in [1.165, 1.54) is 26.9 Å². The van der Waals surface area contributed by atoms with Crippen LogP contribution in [-0.4, -0.2) is 24.1 Å². The lowest BCUT2D eigenvalue weighted by Gasteiger charge is -2.17. The lowest BCUT2D eigenvalue weighted by atomic mass is 9.97. The molecule has 67 heavy (non-hydrogen) atoms. The molecule has 0 radical (unpaired) electrons. The molecular formula is C61H37N5O. The third kappa shape index (κ3) is 5.80. The fourth-order valence-corrected chi connectivity index (χ4v) is 10.3. The predicted molar refractivity (Wildman–Crippen MR) is 275 cm³/mol. The molecule has 10 aromatic carbocycles. The maximum absolute atomic E-state index is 6.80. The Morgan fingerprint density at radius 3 is 1.70 bits per heavy atom. The Balaban J connectivity index is 1.06. The van der Waals surface area contributed by atoms with E-state index in [2.05, 4.69) is 203 Å². The summed E-state index contributed by atoms with van der Waals surface area (Å²) in [6.07, 6.45) is 0. The van der Waals surface area contributed by atoms with E-state index in [0.717, 1.165) is 88.6 Å². The van der Waals surface area contributed by atoms with Gasteiger partial charge in [-0.15, -0.1) is 0 Å². The van der Waals surface area contributed by atoms with Gasteiger partial charge in [-0.3, -0.25) is 0 Å². The van der Waals surface area contributed by atoms with E-state index >= 15 is 0 Å². The Morgan fingerprint density at radius 1 is 0.328 bits per heavy atom. The highest BCUT2D eigenvalue weighted by Gasteiger charge is 2.23. The number of para-hydroxylation sites is 6. The van der Waals surface area contributed by atoms with Crippen molar-refractivity contribution in [2.24, 2.45) is 0 Å². The summed E-state index contributed by atoms with van der Waals surface area (Å²) in [6, 6.07) is 79.1. The smallest absolute Gasteiger partial charge is 0.166 e. The number of nitrogens with zero attached hydrogens (tertiary/aromatic N) is 5. The van der Waals surface area contributed by atoms with Crippen molar-refractivity contribution in [2.45, 2.75) is 0 Å². The van der Waals surface area contributed by atoms with Gasteiger partial charge in [-0.1, -0.05) is 158 Å². The van der Waals surface area contributed by atoms with Gasteiger partial charge in [0.15, 0.2) is 17.5 Å². The maximum Gasteiger partial charge on any atom is 0.166 e. The first-order valence-corrected chi connectivity index (χ1v) is 22.6. The topological polar surface area (TPSA) is 61.7 Å². The molecule has 0 bridgehead atoms. The van der Waals surface area contributed by atoms with Crippen molar-refractivity contribution in [3.05, 3.63) is 224 Å². The fourth-order valence-electron chi connectivity index (χ4n) is 10.3. The molecule has 0 fully saturated rings. The van der Waals surface area contributed by atoms with Crippen LogP contribution in [0.25, 0.3) is 133 Å². The van der Waals surface area contributed by atoms with Gasteiger partial charge in [-0.25, -0.2) is 15.0 Å². The lowest BCUT2D eigenvalue weighted by Crippen LogP contribution is -2.03. The minimum Gasteiger partial charge on any atom is -0.455 e. The number of fused-ring (bicyclic) bond motifs is 10. The van der Waals surface area contributed by atoms with E-state index in [1.54, 1.807) is 0 Å². The molecule has 0 spiro atoms. The Hall–Kier alpha value is -9.13. The van der Waals surface area contributed by atoms with Crippen molar-refractivity contribution in [2.75, 3.05) is 0 Å². The summed E-state index contributed by atoms with van der Waals surface area (Å²) >= 11 is 0. The standard InChI is InChI=1S/C61H37N5O/c1-3-17-38(18-4-1)59-62-60(64-61(63-59)49-29-15-26-46-43-23-9-12-30-52(43)65(57(46)49)42-21-5-2-6-22-42)41-33-34-54(51(36-41)48-28-16-27-47-45-25-11-14-32-56(45)67-58(47)48)66-53-31-13-10-24-44(53)50-35-39-19-7-8-20-40(39)37-55(50)66/h1-37H. The molecule has 312 valence electrons. The van der Waals surface area contributed by atoms with Gasteiger partial charge in [-0.05, 0) is 77.5 Å². The normalized spacial score (nSPS) is 11.9. The summed E-state index contributed by atoms with van der Waals surface area (Å²) in [4.78, 5) is 16.0. The van der Waals surface area contributed by atoms with Gasteiger partial charge in [0.05, 0.1) is 27.8 Å². The highest BCUT2D eigenvalue weighted by Crippen LogP contribution is 2.44. The second-order valence-electron chi connectivity index (χ2n) is 17.1. The van der Waals surface area contributed by atoms with E-state index in [4.69, 9.17) is 19.4 Å². The SMILES string of the molecule is c1ccc(-c2nc(-c3ccc(-n4c5ccccc5c5cc6ccccc6cc54)c(-c4cccc5c4oc4ccccc45)c3)nc(-c3cccc4c5ccccc5n(-c5ccccc5)c34)n2)cc1. The van der Waals surface area contributed by atoms with E-state index < -0.39 is 0 Å². The zero-order chi connectivity index (χ0) is 44.0. The molecule has 0 amide bonds. The van der Waals surface area contributed by atoms with Crippen LogP contribution in [0, 0.1) is 0 Å². The van der Waals surface area contributed by atoms with Gasteiger partial charge < -0.3 is 13.6 Å². The predicted octanol–water partition coefficient (Wildman–Crippen LogP) is 15.8. The van der Waals surface area contributed by atoms with Crippen LogP contribution in [0.2, 0.25) is 0 Å². The molecule has 0 N–H and O–H groups in total. The van der Waals surface area contributed by atoms with Gasteiger partial charge in [0.2, 0.25) is 0 Å². The molecule has 4 aromatic heterocycles. The minimum absolute atomic E-state index is 0.570. The van der Waals surface area contributed by atoms with Crippen LogP contribution in [0.1, 0.15) is 0 Å². The zero-order valence-electron chi connectivity index (χ0n) is 36.0. The third-order valence-corrected chi connectivity index (χ3v) is 13.3. The quantitative estimate of drug-likeness (QED) is 0.167. The van der Waals surface area contributed by atoms with Crippen LogP contribution < -0.4 is 0 Å². The maximum atomic E-state index is 6.80. The van der Waals surface area contributed by atoms with Crippen molar-refractivity contribution in [3.63, 3.8) is 0 Å². The number of aromatic nitrogens is 5. The molecule has 6 heteroatoms. The average molecular weight is 856 g/mol. The number of hydrogen-bond acceptors (Lipinski definition) is 4. The van der Waals surface area contributed by atoms with E-state index in [0.29, 0.717) is 17.5 Å². The molecule has 0 unspecified atom stereocenters. The summed E-state index contributed by atoms with van der Waals surface area (Å²) in [5.74, 6) is 1.76. The zero-order valence-corrected chi connectivity index (χ0v) is 36.0. The van der Waals surface area contributed by atoms with Gasteiger partial charge in [0.25, 0.3) is 0 Å². The van der Waals surface area contributed by atoms with Crippen LogP contribution in [0.4, 0.5) is 0 Å². The molecule has 0 atom stereocenters. The van der Waals surface area contributed by atoms with Gasteiger partial charge >= 0.3 is 0 Å². The summed E-state index contributed by atoms with van der Waals surface area (Å²) in [7, 11) is 0. The van der Waals surface area contributed by atoms with Crippen LogP contribution in [0.5, 0.6) is 0 Å². The highest BCUT2D eigenvalue weighted by atomic mass is 16.3. The van der Waals surface area contributed by atoms with Crippen molar-refractivity contribution >= 4 is 76.3 Å². The highest BCUT2D eigenvalue weighted by molar-refractivity contribution is 6.16. The number of furan rings is 1. The molecule has 0 aliphatic heterocycles. The summed E-state index contributed by atoms with van der Waals surface area (Å²) in [5, 5.41) is 9.22. The van der Waals surface area contributed by atoms with Crippen molar-refractivity contribution in [1.29, 1.82) is 0 Å². The van der Waals surface area contributed by atoms with Crippen molar-refractivity contribution in [3.8, 4) is 56.7 Å². The third-order valence-electron chi connectivity index (χ3n) is 13.3. The Kier molecular flexibility index (Phi) is 8.18. The largest absolute Gasteiger partial charge is 0.455 e. The van der Waals surface area contributed by atoms with E-state index in [1.807, 2.05) is 30.3 Å². The number of rotatable bonds is 6. The van der Waals surface area contributed by atoms with Crippen molar-refractivity contribution in [1.82, 2.24) is 24.1 Å². The van der Waals surface area contributed by atoms with Crippen LogP contribution in [0.3, 0.4) is 0 Å². The molecule has 0 saturated carbocycles. The molecule has 14 aromatic rings. The molecule has 0 aliphatic carbocycles. The van der Waals surface area contributed by atoms with Crippen LogP contribution in [-0.2, 0) is 0 Å². The first-order valence-electron chi connectivity index (χ1n) is 22.6. The first-order chi connectivity index (χ1) is 33.2. The summed E-state index contributed by atoms with van der Waals surface area (Å²) in [6.45, 7) is 0.